The molecule has 1 N–H and O–H groups in total. The van der Waals surface area contributed by atoms with Gasteiger partial charge in [0, 0.05) is 9.75 Å². The molecular weight excluding hydrogens is 332 g/mol. The lowest BCUT2D eigenvalue weighted by Gasteiger charge is -2.03. The normalized spacial score (nSPS) is 13.4. The third kappa shape index (κ3) is 2.60. The molecule has 0 fully saturated rings. The topological polar surface area (TPSA) is 72.0 Å². The molecule has 3 aromatic heterocycles. The lowest BCUT2D eigenvalue weighted by atomic mass is 10.2. The molecule has 0 bridgehead atoms. The minimum absolute atomic E-state index is 0.0243. The summed E-state index contributed by atoms with van der Waals surface area (Å²) in [4.78, 5) is 35.1. The molecule has 0 aromatic carbocycles. The number of carbonyl (C=O) groups excluding carboxylic acids is 1. The number of thiophene rings is 2. The highest BCUT2D eigenvalue weighted by atomic mass is 32.1. The van der Waals surface area contributed by atoms with Crippen LogP contribution in [0, 0.1) is 6.92 Å². The van der Waals surface area contributed by atoms with Gasteiger partial charge in [0.05, 0.1) is 5.39 Å². The van der Waals surface area contributed by atoms with E-state index in [0.717, 1.165) is 34.5 Å². The molecule has 0 aliphatic heterocycles. The lowest BCUT2D eigenvalue weighted by Crippen LogP contribution is -2.14. The van der Waals surface area contributed by atoms with Crippen molar-refractivity contribution in [3.63, 3.8) is 0 Å². The van der Waals surface area contributed by atoms with Crippen LogP contribution in [0.5, 0.6) is 0 Å². The number of hydrogen-bond acceptors (Lipinski definition) is 6. The molecule has 5 nitrogen and oxygen atoms in total. The summed E-state index contributed by atoms with van der Waals surface area (Å²) in [6, 6.07) is 3.62. The van der Waals surface area contributed by atoms with Gasteiger partial charge in [0.2, 0.25) is 0 Å². The highest BCUT2D eigenvalue weighted by Crippen LogP contribution is 2.34. The van der Waals surface area contributed by atoms with Gasteiger partial charge in [-0.3, -0.25) is 4.79 Å². The van der Waals surface area contributed by atoms with Crippen molar-refractivity contribution >= 4 is 38.9 Å². The number of hydrogen-bond donors (Lipinski definition) is 1. The van der Waals surface area contributed by atoms with Gasteiger partial charge in [0.1, 0.15) is 22.1 Å². The van der Waals surface area contributed by atoms with Crippen LogP contribution >= 0.6 is 22.7 Å². The maximum Gasteiger partial charge on any atom is 0.348 e. The maximum atomic E-state index is 12.3. The van der Waals surface area contributed by atoms with Gasteiger partial charge in [-0.25, -0.2) is 9.78 Å². The molecule has 0 atom stereocenters. The van der Waals surface area contributed by atoms with Crippen LogP contribution in [0.1, 0.15) is 37.2 Å². The molecule has 3 heterocycles. The average Bonchev–Trinajstić information content (AvgIpc) is 3.19. The summed E-state index contributed by atoms with van der Waals surface area (Å²) in [5.74, 6) is 0.00331. The highest BCUT2D eigenvalue weighted by Gasteiger charge is 2.21. The van der Waals surface area contributed by atoms with Crippen molar-refractivity contribution < 1.29 is 9.53 Å². The van der Waals surface area contributed by atoms with Crippen molar-refractivity contribution in [2.75, 3.05) is 0 Å². The van der Waals surface area contributed by atoms with Gasteiger partial charge in [0.25, 0.3) is 5.56 Å². The van der Waals surface area contributed by atoms with Crippen LogP contribution in [-0.2, 0) is 24.2 Å². The SMILES string of the molecule is Cc1ccc(C(=O)OCc2nc3sc4c(c3c(=O)[nH]2)CCC4)s1. The minimum Gasteiger partial charge on any atom is -0.453 e. The smallest absolute Gasteiger partial charge is 0.348 e. The fourth-order valence-electron chi connectivity index (χ4n) is 2.86. The van der Waals surface area contributed by atoms with Crippen LogP contribution < -0.4 is 5.56 Å². The van der Waals surface area contributed by atoms with Gasteiger partial charge in [-0.2, -0.15) is 0 Å². The summed E-state index contributed by atoms with van der Waals surface area (Å²) in [7, 11) is 0. The Bertz CT molecular complexity index is 968. The monoisotopic (exact) mass is 346 g/mol. The summed E-state index contributed by atoms with van der Waals surface area (Å²) in [5.41, 5.74) is 1.02. The van der Waals surface area contributed by atoms with Gasteiger partial charge >= 0.3 is 5.97 Å². The van der Waals surface area contributed by atoms with E-state index in [2.05, 4.69) is 9.97 Å². The first kappa shape index (κ1) is 14.6. The van der Waals surface area contributed by atoms with Crippen LogP contribution in [0.2, 0.25) is 0 Å². The summed E-state index contributed by atoms with van der Waals surface area (Å²) >= 11 is 2.97. The Balaban J connectivity index is 1.58. The molecule has 0 saturated heterocycles. The molecule has 23 heavy (non-hydrogen) atoms. The fraction of sp³-hybridized carbons (Fsp3) is 0.312. The first-order valence-electron chi connectivity index (χ1n) is 7.39. The van der Waals surface area contributed by atoms with Gasteiger partial charge in [0.15, 0.2) is 0 Å². The predicted octanol–water partition coefficient (Wildman–Crippen LogP) is 3.20. The van der Waals surface area contributed by atoms with E-state index in [4.69, 9.17) is 4.74 Å². The average molecular weight is 346 g/mol. The summed E-state index contributed by atoms with van der Waals surface area (Å²) in [6.45, 7) is 1.91. The van der Waals surface area contributed by atoms with E-state index < -0.39 is 0 Å². The number of fused-ring (bicyclic) bond motifs is 3. The molecule has 0 unspecified atom stereocenters. The molecule has 1 aliphatic rings. The number of aryl methyl sites for hydroxylation is 3. The summed E-state index contributed by atoms with van der Waals surface area (Å²) in [6.07, 6.45) is 3.08. The number of carbonyl (C=O) groups is 1. The fourth-order valence-corrected chi connectivity index (χ4v) is 4.91. The zero-order valence-electron chi connectivity index (χ0n) is 12.5. The lowest BCUT2D eigenvalue weighted by molar-refractivity contribution is 0.0468. The van der Waals surface area contributed by atoms with Crippen LogP contribution in [0.15, 0.2) is 16.9 Å². The Morgan fingerprint density at radius 3 is 3.00 bits per heavy atom. The second-order valence-electron chi connectivity index (χ2n) is 5.54. The molecule has 7 heteroatoms. The zero-order chi connectivity index (χ0) is 16.0. The third-order valence-electron chi connectivity index (χ3n) is 3.91. The number of rotatable bonds is 3. The third-order valence-corrected chi connectivity index (χ3v) is 6.07. The molecule has 3 aromatic rings. The number of H-pyrrole nitrogens is 1. The minimum atomic E-state index is -0.389. The second-order valence-corrected chi connectivity index (χ2v) is 7.91. The number of esters is 1. The largest absolute Gasteiger partial charge is 0.453 e. The second kappa shape index (κ2) is 5.58. The van der Waals surface area contributed by atoms with Crippen molar-refractivity contribution in [1.29, 1.82) is 0 Å². The molecular formula is C16H14N2O3S2. The zero-order valence-corrected chi connectivity index (χ0v) is 14.1. The van der Waals surface area contributed by atoms with Crippen molar-refractivity contribution in [1.82, 2.24) is 9.97 Å². The van der Waals surface area contributed by atoms with Gasteiger partial charge < -0.3 is 9.72 Å². The van der Waals surface area contributed by atoms with E-state index in [1.165, 1.54) is 16.2 Å². The van der Waals surface area contributed by atoms with Crippen molar-refractivity contribution in [2.24, 2.45) is 0 Å². The quantitative estimate of drug-likeness (QED) is 0.739. The Labute approximate surface area is 140 Å². The molecule has 118 valence electrons. The van der Waals surface area contributed by atoms with E-state index in [1.807, 2.05) is 13.0 Å². The molecule has 0 spiro atoms. The number of nitrogens with one attached hydrogen (secondary N) is 1. The molecule has 0 saturated carbocycles. The van der Waals surface area contributed by atoms with E-state index in [0.29, 0.717) is 16.1 Å². The van der Waals surface area contributed by atoms with Crippen molar-refractivity contribution in [3.05, 3.63) is 48.5 Å². The molecule has 1 aliphatic carbocycles. The highest BCUT2D eigenvalue weighted by molar-refractivity contribution is 7.18. The van der Waals surface area contributed by atoms with Crippen molar-refractivity contribution in [2.45, 2.75) is 32.8 Å². The summed E-state index contributed by atoms with van der Waals surface area (Å²) in [5, 5.41) is 0.714. The van der Waals surface area contributed by atoms with E-state index in [-0.39, 0.29) is 18.1 Å². The van der Waals surface area contributed by atoms with Crippen LogP contribution in [0.25, 0.3) is 10.2 Å². The number of nitrogens with zero attached hydrogens (tertiary/aromatic N) is 1. The number of aromatic nitrogens is 2. The Morgan fingerprint density at radius 1 is 1.35 bits per heavy atom. The van der Waals surface area contributed by atoms with Gasteiger partial charge in [-0.1, -0.05) is 0 Å². The summed E-state index contributed by atoms with van der Waals surface area (Å²) < 4.78 is 5.25. The maximum absolute atomic E-state index is 12.3. The Kier molecular flexibility index (Phi) is 3.54. The van der Waals surface area contributed by atoms with Crippen LogP contribution in [0.4, 0.5) is 0 Å². The van der Waals surface area contributed by atoms with Crippen LogP contribution in [-0.4, -0.2) is 15.9 Å². The molecule has 4 rings (SSSR count). The standard InChI is InChI=1S/C16H14N2O3S2/c1-8-5-6-11(22-8)16(20)21-7-12-17-14(19)13-9-3-2-4-10(9)23-15(13)18-12/h5-6H,2-4,7H2,1H3,(H,17,18,19). The van der Waals surface area contributed by atoms with E-state index in [1.54, 1.807) is 17.4 Å². The number of aromatic amines is 1. The van der Waals surface area contributed by atoms with Crippen molar-refractivity contribution in [3.8, 4) is 0 Å². The first-order valence-corrected chi connectivity index (χ1v) is 9.02. The van der Waals surface area contributed by atoms with Gasteiger partial charge in [-0.05, 0) is 43.9 Å². The predicted molar refractivity (Wildman–Crippen MR) is 90.4 cm³/mol. The van der Waals surface area contributed by atoms with E-state index >= 15 is 0 Å². The Hall–Kier alpha value is -1.99. The number of ether oxygens (including phenoxy) is 1. The Morgan fingerprint density at radius 2 is 2.22 bits per heavy atom. The first-order chi connectivity index (χ1) is 11.1. The van der Waals surface area contributed by atoms with Gasteiger partial charge in [-0.15, -0.1) is 22.7 Å². The molecule has 0 amide bonds. The van der Waals surface area contributed by atoms with Crippen LogP contribution in [0.3, 0.4) is 0 Å². The molecule has 0 radical (unpaired) electrons. The van der Waals surface area contributed by atoms with E-state index in [9.17, 15) is 9.59 Å².